The summed E-state index contributed by atoms with van der Waals surface area (Å²) in [5, 5.41) is 12.0. The number of benzene rings is 2. The number of carbonyl (C=O) groups is 1. The quantitative estimate of drug-likeness (QED) is 0.311. The van der Waals surface area contributed by atoms with Gasteiger partial charge in [-0.3, -0.25) is 19.8 Å². The second-order valence-electron chi connectivity index (χ2n) is 8.30. The minimum absolute atomic E-state index is 0.165. The number of amides is 1. The van der Waals surface area contributed by atoms with Gasteiger partial charge in [0.25, 0.3) is 0 Å². The molecule has 0 radical (unpaired) electrons. The van der Waals surface area contributed by atoms with Gasteiger partial charge in [-0.15, -0.1) is 0 Å². The summed E-state index contributed by atoms with van der Waals surface area (Å²) in [5.41, 5.74) is 2.18. The van der Waals surface area contributed by atoms with Crippen LogP contribution in [-0.2, 0) is 24.3 Å². The Bertz CT molecular complexity index is 1080. The maximum Gasteiger partial charge on any atom is 0.324 e. The monoisotopic (exact) mass is 483 g/mol. The van der Waals surface area contributed by atoms with E-state index in [4.69, 9.17) is 11.6 Å². The molecule has 2 aromatic carbocycles. The van der Waals surface area contributed by atoms with E-state index >= 15 is 0 Å². The molecule has 0 spiro atoms. The Morgan fingerprint density at radius 2 is 1.70 bits per heavy atom. The van der Waals surface area contributed by atoms with Gasteiger partial charge in [0.2, 0.25) is 5.91 Å². The van der Waals surface area contributed by atoms with Gasteiger partial charge in [-0.1, -0.05) is 65.4 Å². The van der Waals surface area contributed by atoms with Gasteiger partial charge < -0.3 is 4.90 Å². The second-order valence-corrected chi connectivity index (χ2v) is 9.89. The summed E-state index contributed by atoms with van der Waals surface area (Å²) in [6.45, 7) is 2.81. The summed E-state index contributed by atoms with van der Waals surface area (Å²) < 4.78 is 0. The van der Waals surface area contributed by atoms with E-state index in [-0.39, 0.29) is 15.8 Å². The minimum atomic E-state index is -0.339. The molecule has 1 aliphatic rings. The highest BCUT2D eigenvalue weighted by Gasteiger charge is 2.28. The molecular weight excluding hydrogens is 458 g/mol. The molecule has 6 nitrogen and oxygen atoms in total. The number of rotatable bonds is 8. The van der Waals surface area contributed by atoms with Crippen molar-refractivity contribution in [2.45, 2.75) is 38.4 Å². The van der Waals surface area contributed by atoms with E-state index in [9.17, 15) is 14.9 Å². The molecule has 0 unspecified atom stereocenters. The molecule has 1 fully saturated rings. The van der Waals surface area contributed by atoms with Crippen LogP contribution in [0.1, 0.15) is 28.8 Å². The lowest BCUT2D eigenvalue weighted by atomic mass is 10.0. The van der Waals surface area contributed by atoms with Gasteiger partial charge in [-0.2, -0.15) is 0 Å². The van der Waals surface area contributed by atoms with Crippen molar-refractivity contribution in [2.75, 3.05) is 13.1 Å². The van der Waals surface area contributed by atoms with Crippen molar-refractivity contribution in [3.63, 3.8) is 0 Å². The van der Waals surface area contributed by atoms with Crippen molar-refractivity contribution in [1.29, 1.82) is 0 Å². The van der Waals surface area contributed by atoms with E-state index in [1.165, 1.54) is 11.3 Å². The van der Waals surface area contributed by atoms with E-state index in [0.717, 1.165) is 48.5 Å². The fraction of sp³-hybridized carbons (Fsp3) is 0.320. The molecular formula is C25H26ClN3O3S. The van der Waals surface area contributed by atoms with Gasteiger partial charge in [0.05, 0.1) is 11.3 Å². The predicted molar refractivity (Wildman–Crippen MR) is 131 cm³/mol. The van der Waals surface area contributed by atoms with Gasteiger partial charge in [0.1, 0.15) is 0 Å². The highest BCUT2D eigenvalue weighted by Crippen LogP contribution is 2.28. The zero-order valence-electron chi connectivity index (χ0n) is 18.2. The topological polar surface area (TPSA) is 66.7 Å². The summed E-state index contributed by atoms with van der Waals surface area (Å²) in [4.78, 5) is 28.8. The average molecular weight is 484 g/mol. The van der Waals surface area contributed by atoms with Gasteiger partial charge in [0, 0.05) is 48.2 Å². The third-order valence-electron chi connectivity index (χ3n) is 6.02. The molecule has 33 heavy (non-hydrogen) atoms. The van der Waals surface area contributed by atoms with Crippen LogP contribution in [-0.4, -0.2) is 39.8 Å². The molecule has 1 saturated heterocycles. The maximum atomic E-state index is 12.8. The van der Waals surface area contributed by atoms with Crippen molar-refractivity contribution in [3.8, 4) is 0 Å². The van der Waals surface area contributed by atoms with Gasteiger partial charge in [-0.05, 0) is 42.2 Å². The molecule has 2 heterocycles. The first-order valence-corrected chi connectivity index (χ1v) is 12.2. The largest absolute Gasteiger partial charge is 0.342 e. The summed E-state index contributed by atoms with van der Waals surface area (Å²) in [6, 6.07) is 21.4. The molecule has 0 N–H and O–H groups in total. The van der Waals surface area contributed by atoms with E-state index in [0.29, 0.717) is 24.0 Å². The zero-order valence-corrected chi connectivity index (χ0v) is 19.8. The van der Waals surface area contributed by atoms with Crippen LogP contribution < -0.4 is 0 Å². The Balaban J connectivity index is 1.42. The van der Waals surface area contributed by atoms with E-state index < -0.39 is 0 Å². The molecule has 0 aliphatic carbocycles. The molecule has 172 valence electrons. The molecule has 0 saturated carbocycles. The van der Waals surface area contributed by atoms with Gasteiger partial charge >= 0.3 is 5.00 Å². The molecule has 1 aromatic heterocycles. The van der Waals surface area contributed by atoms with Crippen LogP contribution in [0.25, 0.3) is 0 Å². The van der Waals surface area contributed by atoms with Crippen molar-refractivity contribution < 1.29 is 9.72 Å². The maximum absolute atomic E-state index is 12.8. The first kappa shape index (κ1) is 23.4. The van der Waals surface area contributed by atoms with Crippen molar-refractivity contribution in [3.05, 3.63) is 97.9 Å². The third kappa shape index (κ3) is 6.41. The lowest BCUT2D eigenvalue weighted by Gasteiger charge is -2.38. The normalized spacial score (nSPS) is 14.5. The lowest BCUT2D eigenvalue weighted by molar-refractivity contribution is -0.380. The van der Waals surface area contributed by atoms with Crippen LogP contribution in [0.4, 0.5) is 5.00 Å². The Kier molecular flexibility index (Phi) is 7.75. The lowest BCUT2D eigenvalue weighted by Crippen LogP contribution is -2.46. The number of halogens is 1. The highest BCUT2D eigenvalue weighted by atomic mass is 35.5. The molecule has 0 bridgehead atoms. The molecule has 1 aliphatic heterocycles. The van der Waals surface area contributed by atoms with E-state index in [1.807, 2.05) is 65.6 Å². The Morgan fingerprint density at radius 3 is 2.33 bits per heavy atom. The number of piperidine rings is 1. The zero-order chi connectivity index (χ0) is 23.2. The molecule has 0 atom stereocenters. The van der Waals surface area contributed by atoms with Gasteiger partial charge in [-0.25, -0.2) is 0 Å². The Hall–Kier alpha value is -2.74. The minimum Gasteiger partial charge on any atom is -0.342 e. The Labute approximate surface area is 202 Å². The first-order chi connectivity index (χ1) is 16.0. The van der Waals surface area contributed by atoms with Crippen molar-refractivity contribution >= 4 is 33.8 Å². The number of hydrogen-bond acceptors (Lipinski definition) is 5. The summed E-state index contributed by atoms with van der Waals surface area (Å²) in [6.07, 6.45) is 2.18. The van der Waals surface area contributed by atoms with Crippen LogP contribution >= 0.6 is 22.9 Å². The number of likely N-dealkylation sites (tertiary alicyclic amines) is 1. The smallest absolute Gasteiger partial charge is 0.324 e. The standard InChI is InChI=1S/C25H26ClN3O3S/c26-21-8-6-20(7-9-21)17-28(18-23-10-11-25(33-23)29(31)32)22-12-14-27(15-13-22)24(30)16-19-4-2-1-3-5-19/h1-11,22H,12-18H2. The van der Waals surface area contributed by atoms with Gasteiger partial charge in [0.15, 0.2) is 0 Å². The number of nitrogens with zero attached hydrogens (tertiary/aromatic N) is 3. The predicted octanol–water partition coefficient (Wildman–Crippen LogP) is 5.55. The number of thiophene rings is 1. The third-order valence-corrected chi connectivity index (χ3v) is 7.29. The van der Waals surface area contributed by atoms with Crippen LogP contribution in [0.5, 0.6) is 0 Å². The molecule has 4 rings (SSSR count). The molecule has 3 aromatic rings. The molecule has 1 amide bonds. The van der Waals surface area contributed by atoms with E-state index in [2.05, 4.69) is 4.90 Å². The highest BCUT2D eigenvalue weighted by molar-refractivity contribution is 7.15. The summed E-state index contributed by atoms with van der Waals surface area (Å²) in [5.74, 6) is 0.165. The number of carbonyl (C=O) groups excluding carboxylic acids is 1. The van der Waals surface area contributed by atoms with Crippen molar-refractivity contribution in [2.24, 2.45) is 0 Å². The number of nitro groups is 1. The first-order valence-electron chi connectivity index (χ1n) is 11.0. The van der Waals surface area contributed by atoms with Crippen LogP contribution in [0, 0.1) is 10.1 Å². The fourth-order valence-corrected chi connectivity index (χ4v) is 5.22. The van der Waals surface area contributed by atoms with Crippen LogP contribution in [0.3, 0.4) is 0 Å². The summed E-state index contributed by atoms with van der Waals surface area (Å²) >= 11 is 7.28. The van der Waals surface area contributed by atoms with Crippen LogP contribution in [0.15, 0.2) is 66.7 Å². The van der Waals surface area contributed by atoms with E-state index in [1.54, 1.807) is 6.07 Å². The fourth-order valence-electron chi connectivity index (χ4n) is 4.25. The summed E-state index contributed by atoms with van der Waals surface area (Å²) in [7, 11) is 0. The number of hydrogen-bond donors (Lipinski definition) is 0. The second kappa shape index (κ2) is 10.9. The van der Waals surface area contributed by atoms with Crippen LogP contribution in [0.2, 0.25) is 5.02 Å². The van der Waals surface area contributed by atoms with Crippen molar-refractivity contribution in [1.82, 2.24) is 9.80 Å². The Morgan fingerprint density at radius 1 is 1.00 bits per heavy atom. The molecule has 8 heteroatoms. The SMILES string of the molecule is O=C(Cc1ccccc1)N1CCC(N(Cc2ccc(Cl)cc2)Cc2ccc([N+](=O)[O-])s2)CC1. The average Bonchev–Trinajstić information content (AvgIpc) is 3.30.